The van der Waals surface area contributed by atoms with Crippen LogP contribution >= 0.6 is 0 Å². The number of aliphatic hydroxyl groups excluding tert-OH is 1. The molecule has 1 fully saturated rings. The van der Waals surface area contributed by atoms with Crippen LogP contribution in [0.3, 0.4) is 0 Å². The van der Waals surface area contributed by atoms with Crippen molar-refractivity contribution in [3.8, 4) is 0 Å². The Balaban J connectivity index is 2.81. The van der Waals surface area contributed by atoms with Gasteiger partial charge in [-0.2, -0.15) is 4.31 Å². The molecular weight excluding hydrogens is 240 g/mol. The summed E-state index contributed by atoms with van der Waals surface area (Å²) in [5, 5.41) is 9.46. The van der Waals surface area contributed by atoms with E-state index in [0.29, 0.717) is 13.0 Å². The van der Waals surface area contributed by atoms with Crippen molar-refractivity contribution in [2.24, 2.45) is 5.73 Å². The molecule has 0 aliphatic carbocycles. The third-order valence-corrected chi connectivity index (χ3v) is 5.12. The topological polar surface area (TPSA) is 83.6 Å². The number of hydrogen-bond acceptors (Lipinski definition) is 4. The SMILES string of the molecule is CC(O)CC1CCCCCN1S(=O)(=O)CCN. The van der Waals surface area contributed by atoms with Gasteiger partial charge in [0.1, 0.15) is 0 Å². The maximum Gasteiger partial charge on any atom is 0.215 e. The molecule has 0 amide bonds. The average Bonchev–Trinajstić information content (AvgIpc) is 2.42. The van der Waals surface area contributed by atoms with Crippen molar-refractivity contribution in [1.82, 2.24) is 4.31 Å². The van der Waals surface area contributed by atoms with E-state index in [0.717, 1.165) is 25.7 Å². The maximum atomic E-state index is 12.1. The Labute approximate surface area is 104 Å². The highest BCUT2D eigenvalue weighted by molar-refractivity contribution is 7.89. The standard InChI is InChI=1S/C11H24N2O3S/c1-10(14)9-11-5-3-2-4-7-13(11)17(15,16)8-6-12/h10-11,14H,2-9,12H2,1H3. The zero-order valence-corrected chi connectivity index (χ0v) is 11.3. The molecule has 2 unspecified atom stereocenters. The van der Waals surface area contributed by atoms with Crippen molar-refractivity contribution in [3.63, 3.8) is 0 Å². The lowest BCUT2D eigenvalue weighted by atomic mass is 10.1. The van der Waals surface area contributed by atoms with Crippen LogP contribution in [0.1, 0.15) is 39.0 Å². The van der Waals surface area contributed by atoms with E-state index in [9.17, 15) is 13.5 Å². The molecule has 0 bridgehead atoms. The van der Waals surface area contributed by atoms with E-state index in [4.69, 9.17) is 5.73 Å². The molecule has 0 radical (unpaired) electrons. The van der Waals surface area contributed by atoms with Crippen LogP contribution in [-0.4, -0.2) is 48.8 Å². The molecule has 0 saturated carbocycles. The van der Waals surface area contributed by atoms with Gasteiger partial charge in [-0.25, -0.2) is 8.42 Å². The van der Waals surface area contributed by atoms with E-state index in [1.54, 1.807) is 11.2 Å². The highest BCUT2D eigenvalue weighted by atomic mass is 32.2. The monoisotopic (exact) mass is 264 g/mol. The van der Waals surface area contributed by atoms with Crippen LogP contribution in [0.25, 0.3) is 0 Å². The number of aliphatic hydroxyl groups is 1. The molecule has 0 spiro atoms. The lowest BCUT2D eigenvalue weighted by molar-refractivity contribution is 0.147. The number of nitrogens with zero attached hydrogens (tertiary/aromatic N) is 1. The molecule has 0 aromatic rings. The highest BCUT2D eigenvalue weighted by Crippen LogP contribution is 2.23. The molecule has 17 heavy (non-hydrogen) atoms. The number of rotatable bonds is 5. The molecule has 1 aliphatic rings. The molecule has 1 rings (SSSR count). The van der Waals surface area contributed by atoms with Crippen LogP contribution in [0.15, 0.2) is 0 Å². The predicted octanol–water partition coefficient (Wildman–Crippen LogP) is 0.290. The Bertz CT molecular complexity index is 317. The third-order valence-electron chi connectivity index (χ3n) is 3.17. The third kappa shape index (κ3) is 4.54. The van der Waals surface area contributed by atoms with Gasteiger partial charge in [0.2, 0.25) is 10.0 Å². The van der Waals surface area contributed by atoms with Crippen LogP contribution < -0.4 is 5.73 Å². The minimum Gasteiger partial charge on any atom is -0.393 e. The fourth-order valence-electron chi connectivity index (χ4n) is 2.41. The molecule has 2 atom stereocenters. The number of sulfonamides is 1. The first-order chi connectivity index (χ1) is 7.97. The van der Waals surface area contributed by atoms with Crippen LogP contribution in [0.2, 0.25) is 0 Å². The van der Waals surface area contributed by atoms with Gasteiger partial charge in [0, 0.05) is 19.1 Å². The largest absolute Gasteiger partial charge is 0.393 e. The van der Waals surface area contributed by atoms with Crippen molar-refractivity contribution in [2.75, 3.05) is 18.8 Å². The summed E-state index contributed by atoms with van der Waals surface area (Å²) in [6.45, 7) is 2.43. The Morgan fingerprint density at radius 1 is 1.41 bits per heavy atom. The zero-order chi connectivity index (χ0) is 12.9. The van der Waals surface area contributed by atoms with Gasteiger partial charge in [-0.05, 0) is 26.2 Å². The van der Waals surface area contributed by atoms with E-state index < -0.39 is 16.1 Å². The number of hydrogen-bond donors (Lipinski definition) is 2. The van der Waals surface area contributed by atoms with Crippen molar-refractivity contribution in [3.05, 3.63) is 0 Å². The number of nitrogens with two attached hydrogens (primary N) is 1. The van der Waals surface area contributed by atoms with Gasteiger partial charge in [0.05, 0.1) is 11.9 Å². The Hall–Kier alpha value is -0.170. The van der Waals surface area contributed by atoms with Crippen molar-refractivity contribution >= 4 is 10.0 Å². The maximum absolute atomic E-state index is 12.1. The van der Waals surface area contributed by atoms with Crippen molar-refractivity contribution in [2.45, 2.75) is 51.2 Å². The summed E-state index contributed by atoms with van der Waals surface area (Å²) in [5.74, 6) is 0.00328. The molecule has 1 heterocycles. The summed E-state index contributed by atoms with van der Waals surface area (Å²) >= 11 is 0. The smallest absolute Gasteiger partial charge is 0.215 e. The minimum atomic E-state index is -3.25. The zero-order valence-electron chi connectivity index (χ0n) is 10.5. The quantitative estimate of drug-likeness (QED) is 0.747. The second-order valence-corrected chi connectivity index (χ2v) is 6.84. The molecular formula is C11H24N2O3S. The summed E-state index contributed by atoms with van der Waals surface area (Å²) in [6.07, 6.45) is 3.89. The predicted molar refractivity (Wildman–Crippen MR) is 68.1 cm³/mol. The lowest BCUT2D eigenvalue weighted by Crippen LogP contribution is -2.43. The first-order valence-corrected chi connectivity index (χ1v) is 7.96. The highest BCUT2D eigenvalue weighted by Gasteiger charge is 2.30. The van der Waals surface area contributed by atoms with E-state index in [2.05, 4.69) is 0 Å². The van der Waals surface area contributed by atoms with Gasteiger partial charge >= 0.3 is 0 Å². The van der Waals surface area contributed by atoms with E-state index >= 15 is 0 Å². The Kier molecular flexibility index (Phi) is 5.85. The fourth-order valence-corrected chi connectivity index (χ4v) is 4.00. The molecule has 0 aromatic carbocycles. The second kappa shape index (κ2) is 6.68. The molecule has 6 heteroatoms. The second-order valence-electron chi connectivity index (χ2n) is 4.80. The van der Waals surface area contributed by atoms with Gasteiger partial charge in [-0.3, -0.25) is 0 Å². The van der Waals surface area contributed by atoms with E-state index in [-0.39, 0.29) is 18.3 Å². The van der Waals surface area contributed by atoms with Gasteiger partial charge in [-0.15, -0.1) is 0 Å². The Morgan fingerprint density at radius 2 is 2.12 bits per heavy atom. The fraction of sp³-hybridized carbons (Fsp3) is 1.00. The normalized spacial score (nSPS) is 25.5. The summed E-state index contributed by atoms with van der Waals surface area (Å²) < 4.78 is 25.8. The van der Waals surface area contributed by atoms with Crippen molar-refractivity contribution < 1.29 is 13.5 Å². The molecule has 1 saturated heterocycles. The molecule has 5 nitrogen and oxygen atoms in total. The summed E-state index contributed by atoms with van der Waals surface area (Å²) in [6, 6.07) is -0.0611. The van der Waals surface area contributed by atoms with Gasteiger partial charge in [-0.1, -0.05) is 12.8 Å². The van der Waals surface area contributed by atoms with Crippen LogP contribution in [0, 0.1) is 0 Å². The van der Waals surface area contributed by atoms with Crippen LogP contribution in [0.4, 0.5) is 0 Å². The molecule has 1 aliphatic heterocycles. The molecule has 102 valence electrons. The molecule has 3 N–H and O–H groups in total. The lowest BCUT2D eigenvalue weighted by Gasteiger charge is -2.29. The van der Waals surface area contributed by atoms with Crippen LogP contribution in [-0.2, 0) is 10.0 Å². The molecule has 0 aromatic heterocycles. The Morgan fingerprint density at radius 3 is 2.71 bits per heavy atom. The van der Waals surface area contributed by atoms with E-state index in [1.165, 1.54) is 0 Å². The van der Waals surface area contributed by atoms with E-state index in [1.807, 2.05) is 0 Å². The summed E-state index contributed by atoms with van der Waals surface area (Å²) in [7, 11) is -3.25. The van der Waals surface area contributed by atoms with Crippen LogP contribution in [0.5, 0.6) is 0 Å². The first kappa shape index (κ1) is 14.9. The van der Waals surface area contributed by atoms with Gasteiger partial charge < -0.3 is 10.8 Å². The summed E-state index contributed by atoms with van der Waals surface area (Å²) in [4.78, 5) is 0. The first-order valence-electron chi connectivity index (χ1n) is 6.35. The van der Waals surface area contributed by atoms with Gasteiger partial charge in [0.15, 0.2) is 0 Å². The van der Waals surface area contributed by atoms with Crippen molar-refractivity contribution in [1.29, 1.82) is 0 Å². The average molecular weight is 264 g/mol. The minimum absolute atomic E-state index is 0.00328. The summed E-state index contributed by atoms with van der Waals surface area (Å²) in [5.41, 5.74) is 5.35. The van der Waals surface area contributed by atoms with Gasteiger partial charge in [0.25, 0.3) is 0 Å².